The van der Waals surface area contributed by atoms with Crippen LogP contribution in [0.1, 0.15) is 17.0 Å². The maximum atomic E-state index is 12.0. The zero-order valence-electron chi connectivity index (χ0n) is 13.7. The minimum absolute atomic E-state index is 0.00964. The van der Waals surface area contributed by atoms with E-state index in [0.29, 0.717) is 12.1 Å². The smallest absolute Gasteiger partial charge is 0.237 e. The maximum absolute atomic E-state index is 12.0. The lowest BCUT2D eigenvalue weighted by molar-refractivity contribution is -0.153. The summed E-state index contributed by atoms with van der Waals surface area (Å²) in [5.41, 5.74) is 3.95. The van der Waals surface area contributed by atoms with Crippen LogP contribution in [0.4, 0.5) is 0 Å². The van der Waals surface area contributed by atoms with Gasteiger partial charge < -0.3 is 15.3 Å². The van der Waals surface area contributed by atoms with E-state index in [1.54, 1.807) is 0 Å². The highest BCUT2D eigenvalue weighted by Gasteiger charge is 2.52. The third-order valence-corrected chi connectivity index (χ3v) is 5.29. The Kier molecular flexibility index (Phi) is 4.00. The van der Waals surface area contributed by atoms with Crippen LogP contribution in [-0.4, -0.2) is 47.7 Å². The van der Waals surface area contributed by atoms with Gasteiger partial charge in [0.2, 0.25) is 5.91 Å². The number of aliphatic hydroxyl groups is 1. The van der Waals surface area contributed by atoms with E-state index >= 15 is 0 Å². The summed E-state index contributed by atoms with van der Waals surface area (Å²) in [5.74, 6) is 0.234. The number of carbonyl (C=O) groups excluding carboxylic acids is 1. The van der Waals surface area contributed by atoms with Crippen molar-refractivity contribution in [3.8, 4) is 17.2 Å². The summed E-state index contributed by atoms with van der Waals surface area (Å²) in [6.45, 7) is 1.12. The molecule has 0 bridgehead atoms. The number of carbonyl (C=O) groups is 1. The zero-order valence-corrected chi connectivity index (χ0v) is 13.7. The molecule has 4 rings (SSSR count). The molecule has 2 N–H and O–H groups in total. The second kappa shape index (κ2) is 6.32. The molecule has 1 amide bonds. The quantitative estimate of drug-likeness (QED) is 0.892. The Morgan fingerprint density at radius 3 is 2.36 bits per heavy atom. The van der Waals surface area contributed by atoms with Crippen LogP contribution in [0.3, 0.4) is 0 Å². The summed E-state index contributed by atoms with van der Waals surface area (Å²) in [6, 6.07) is 17.9. The van der Waals surface area contributed by atoms with E-state index in [2.05, 4.69) is 35.7 Å². The molecule has 0 aliphatic carbocycles. The molecule has 2 aromatic carbocycles. The highest BCUT2D eigenvalue weighted by Crippen LogP contribution is 2.41. The van der Waals surface area contributed by atoms with Crippen molar-refractivity contribution in [3.05, 3.63) is 59.7 Å². The minimum atomic E-state index is -0.125. The Labute approximate surface area is 146 Å². The summed E-state index contributed by atoms with van der Waals surface area (Å²) in [6.07, 6.45) is 0. The van der Waals surface area contributed by atoms with Gasteiger partial charge in [0, 0.05) is 12.5 Å². The summed E-state index contributed by atoms with van der Waals surface area (Å²) >= 11 is 0. The molecule has 3 atom stereocenters. The van der Waals surface area contributed by atoms with Crippen LogP contribution in [0.15, 0.2) is 48.5 Å². The second-order valence-electron chi connectivity index (χ2n) is 6.59. The Morgan fingerprint density at radius 1 is 1.12 bits per heavy atom. The number of fused-ring (bicyclic) bond motifs is 1. The largest absolute Gasteiger partial charge is 0.394 e. The average molecular weight is 333 g/mol. The molecular weight excluding hydrogens is 314 g/mol. The van der Waals surface area contributed by atoms with Crippen molar-refractivity contribution in [2.45, 2.75) is 18.0 Å². The molecule has 0 unspecified atom stereocenters. The van der Waals surface area contributed by atoms with Crippen molar-refractivity contribution in [3.63, 3.8) is 0 Å². The molecule has 25 heavy (non-hydrogen) atoms. The average Bonchev–Trinajstić information content (AvgIpc) is 2.64. The number of nitrogens with zero attached hydrogens (tertiary/aromatic N) is 2. The fourth-order valence-corrected chi connectivity index (χ4v) is 4.04. The van der Waals surface area contributed by atoms with Gasteiger partial charge in [-0.3, -0.25) is 4.79 Å². The van der Waals surface area contributed by atoms with Gasteiger partial charge >= 0.3 is 0 Å². The van der Waals surface area contributed by atoms with Crippen molar-refractivity contribution in [2.75, 3.05) is 19.7 Å². The maximum Gasteiger partial charge on any atom is 0.237 e. The molecule has 2 saturated heterocycles. The lowest BCUT2D eigenvalue weighted by Crippen LogP contribution is -2.72. The van der Waals surface area contributed by atoms with Crippen LogP contribution >= 0.6 is 0 Å². The highest BCUT2D eigenvalue weighted by molar-refractivity contribution is 5.81. The van der Waals surface area contributed by atoms with Gasteiger partial charge in [0.05, 0.1) is 36.9 Å². The molecule has 5 nitrogen and oxygen atoms in total. The van der Waals surface area contributed by atoms with E-state index < -0.39 is 0 Å². The molecule has 2 fully saturated rings. The van der Waals surface area contributed by atoms with Crippen LogP contribution in [0, 0.1) is 11.3 Å². The first kappa shape index (κ1) is 15.8. The summed E-state index contributed by atoms with van der Waals surface area (Å²) in [4.78, 5) is 13.9. The molecule has 0 spiro atoms. The van der Waals surface area contributed by atoms with Gasteiger partial charge in [0.15, 0.2) is 0 Å². The van der Waals surface area contributed by atoms with Crippen molar-refractivity contribution in [2.24, 2.45) is 0 Å². The first-order chi connectivity index (χ1) is 12.2. The van der Waals surface area contributed by atoms with Crippen LogP contribution < -0.4 is 5.32 Å². The van der Waals surface area contributed by atoms with E-state index in [4.69, 9.17) is 5.26 Å². The molecule has 2 aliphatic heterocycles. The lowest BCUT2D eigenvalue weighted by Gasteiger charge is -2.57. The highest BCUT2D eigenvalue weighted by atomic mass is 16.3. The van der Waals surface area contributed by atoms with Crippen LogP contribution in [-0.2, 0) is 4.79 Å². The number of hydrogen-bond donors (Lipinski definition) is 2. The molecule has 0 aromatic heterocycles. The predicted molar refractivity (Wildman–Crippen MR) is 93.7 cm³/mol. The van der Waals surface area contributed by atoms with Gasteiger partial charge in [0.25, 0.3) is 0 Å². The molecule has 5 heteroatoms. The molecule has 2 aromatic rings. The van der Waals surface area contributed by atoms with E-state index in [-0.39, 0.29) is 30.5 Å². The number of rotatable bonds is 3. The molecule has 0 saturated carbocycles. The summed E-state index contributed by atoms with van der Waals surface area (Å²) < 4.78 is 0. The Bertz CT molecular complexity index is 818. The normalized spacial score (nSPS) is 25.0. The predicted octanol–water partition coefficient (Wildman–Crippen LogP) is 1.48. The summed E-state index contributed by atoms with van der Waals surface area (Å²) in [5, 5.41) is 21.8. The van der Waals surface area contributed by atoms with E-state index in [1.807, 2.05) is 29.2 Å². The van der Waals surface area contributed by atoms with Gasteiger partial charge in [-0.2, -0.15) is 5.26 Å². The number of hydrogen-bond acceptors (Lipinski definition) is 4. The third kappa shape index (κ3) is 2.60. The molecule has 2 heterocycles. The number of nitriles is 1. The Balaban J connectivity index is 1.57. The van der Waals surface area contributed by atoms with Gasteiger partial charge in [-0.25, -0.2) is 0 Å². The minimum Gasteiger partial charge on any atom is -0.394 e. The van der Waals surface area contributed by atoms with E-state index in [1.165, 1.54) is 0 Å². The monoisotopic (exact) mass is 333 g/mol. The molecule has 126 valence electrons. The SMILES string of the molecule is N#Cc1ccc(-c2ccc([C@@H]3[C@H](CO)N4C(=O)CNC[C@@H]34)cc2)cc1. The van der Waals surface area contributed by atoms with Crippen LogP contribution in [0.5, 0.6) is 0 Å². The number of aliphatic hydroxyl groups excluding tert-OH is 1. The fourth-order valence-electron chi connectivity index (χ4n) is 4.04. The number of amides is 1. The van der Waals surface area contributed by atoms with Crippen molar-refractivity contribution < 1.29 is 9.90 Å². The number of nitrogens with one attached hydrogen (secondary N) is 1. The fraction of sp³-hybridized carbons (Fsp3) is 0.300. The Morgan fingerprint density at radius 2 is 1.76 bits per heavy atom. The van der Waals surface area contributed by atoms with Crippen molar-refractivity contribution in [1.82, 2.24) is 10.2 Å². The van der Waals surface area contributed by atoms with Crippen LogP contribution in [0.2, 0.25) is 0 Å². The van der Waals surface area contributed by atoms with Crippen molar-refractivity contribution >= 4 is 5.91 Å². The Hall–Kier alpha value is -2.68. The molecule has 0 radical (unpaired) electrons. The van der Waals surface area contributed by atoms with E-state index in [0.717, 1.165) is 23.2 Å². The number of piperazine rings is 1. The van der Waals surface area contributed by atoms with Crippen molar-refractivity contribution in [1.29, 1.82) is 5.26 Å². The standard InChI is InChI=1S/C20H19N3O2/c21-9-13-1-3-14(4-2-13)15-5-7-16(8-6-15)20-17-10-22-11-19(25)23(17)18(20)12-24/h1-8,17-18,20,22,24H,10-12H2/t17-,18-,20-/m0/s1. The van der Waals surface area contributed by atoms with Gasteiger partial charge in [-0.1, -0.05) is 36.4 Å². The molecular formula is C20H19N3O2. The first-order valence-corrected chi connectivity index (χ1v) is 8.46. The first-order valence-electron chi connectivity index (χ1n) is 8.46. The van der Waals surface area contributed by atoms with Gasteiger partial charge in [-0.15, -0.1) is 0 Å². The van der Waals surface area contributed by atoms with Gasteiger partial charge in [-0.05, 0) is 28.8 Å². The topological polar surface area (TPSA) is 76.4 Å². The molecule has 2 aliphatic rings. The third-order valence-electron chi connectivity index (χ3n) is 5.29. The lowest BCUT2D eigenvalue weighted by atomic mass is 9.74. The summed E-state index contributed by atoms with van der Waals surface area (Å²) in [7, 11) is 0. The second-order valence-corrected chi connectivity index (χ2v) is 6.59. The van der Waals surface area contributed by atoms with E-state index in [9.17, 15) is 9.90 Å². The van der Waals surface area contributed by atoms with Crippen LogP contribution in [0.25, 0.3) is 11.1 Å². The number of benzene rings is 2. The zero-order chi connectivity index (χ0) is 17.4. The van der Waals surface area contributed by atoms with Gasteiger partial charge in [0.1, 0.15) is 0 Å².